The molecule has 0 radical (unpaired) electrons. The standard InChI is InChI=1S/C14H26N6O/c1-19(8-4-3-7-11-21)13-16-12(15)17-14(18-13)20-9-5-2-6-10-20/h21H,2-11H2,1H3,(H2,15,16,17,18). The van der Waals surface area contributed by atoms with Crippen LogP contribution in [0.5, 0.6) is 0 Å². The molecular weight excluding hydrogens is 268 g/mol. The molecular formula is C14H26N6O. The fourth-order valence-electron chi connectivity index (χ4n) is 2.51. The van der Waals surface area contributed by atoms with Crippen LogP contribution in [-0.4, -0.2) is 53.3 Å². The van der Waals surface area contributed by atoms with Crippen molar-refractivity contribution in [2.75, 3.05) is 48.8 Å². The number of aliphatic hydroxyl groups is 1. The molecule has 118 valence electrons. The Hall–Kier alpha value is -1.63. The number of nitrogen functional groups attached to an aromatic ring is 1. The van der Waals surface area contributed by atoms with Crippen LogP contribution in [0.3, 0.4) is 0 Å². The van der Waals surface area contributed by atoms with E-state index < -0.39 is 0 Å². The van der Waals surface area contributed by atoms with Crippen molar-refractivity contribution in [3.63, 3.8) is 0 Å². The molecule has 1 aromatic heterocycles. The summed E-state index contributed by atoms with van der Waals surface area (Å²) in [6.45, 7) is 3.08. The van der Waals surface area contributed by atoms with Crippen molar-refractivity contribution in [1.29, 1.82) is 0 Å². The van der Waals surface area contributed by atoms with Crippen LogP contribution in [0.25, 0.3) is 0 Å². The highest BCUT2D eigenvalue weighted by Gasteiger charge is 2.16. The zero-order chi connectivity index (χ0) is 15.1. The quantitative estimate of drug-likeness (QED) is 0.726. The van der Waals surface area contributed by atoms with E-state index >= 15 is 0 Å². The molecule has 0 saturated carbocycles. The highest BCUT2D eigenvalue weighted by atomic mass is 16.2. The maximum absolute atomic E-state index is 8.80. The van der Waals surface area contributed by atoms with Gasteiger partial charge in [0.05, 0.1) is 0 Å². The van der Waals surface area contributed by atoms with E-state index in [9.17, 15) is 0 Å². The lowest BCUT2D eigenvalue weighted by Gasteiger charge is -2.27. The summed E-state index contributed by atoms with van der Waals surface area (Å²) in [5, 5.41) is 8.80. The highest BCUT2D eigenvalue weighted by molar-refractivity contribution is 5.43. The summed E-state index contributed by atoms with van der Waals surface area (Å²) in [6.07, 6.45) is 6.47. The minimum atomic E-state index is 0.252. The Labute approximate surface area is 126 Å². The first-order valence-electron chi connectivity index (χ1n) is 7.79. The molecule has 2 rings (SSSR count). The summed E-state index contributed by atoms with van der Waals surface area (Å²) >= 11 is 0. The highest BCUT2D eigenvalue weighted by Crippen LogP contribution is 2.19. The van der Waals surface area contributed by atoms with Crippen LogP contribution in [0, 0.1) is 0 Å². The molecule has 0 bridgehead atoms. The second-order valence-electron chi connectivity index (χ2n) is 5.55. The van der Waals surface area contributed by atoms with E-state index in [0.29, 0.717) is 11.9 Å². The van der Waals surface area contributed by atoms with Crippen molar-refractivity contribution in [3.05, 3.63) is 0 Å². The molecule has 0 aromatic carbocycles. The predicted octanol–water partition coefficient (Wildman–Crippen LogP) is 1.04. The summed E-state index contributed by atoms with van der Waals surface area (Å²) in [5.41, 5.74) is 5.83. The molecule has 1 fully saturated rings. The van der Waals surface area contributed by atoms with Crippen molar-refractivity contribution < 1.29 is 5.11 Å². The normalized spacial score (nSPS) is 15.2. The Kier molecular flexibility index (Phi) is 5.98. The topological polar surface area (TPSA) is 91.4 Å². The van der Waals surface area contributed by atoms with E-state index in [1.807, 2.05) is 11.9 Å². The van der Waals surface area contributed by atoms with Crippen molar-refractivity contribution in [2.24, 2.45) is 0 Å². The third-order valence-electron chi connectivity index (χ3n) is 3.76. The lowest BCUT2D eigenvalue weighted by Crippen LogP contribution is -2.32. The van der Waals surface area contributed by atoms with E-state index in [1.165, 1.54) is 19.3 Å². The molecule has 1 aliphatic heterocycles. The second kappa shape index (κ2) is 7.97. The van der Waals surface area contributed by atoms with Crippen LogP contribution in [0.15, 0.2) is 0 Å². The summed E-state index contributed by atoms with van der Waals surface area (Å²) in [5.74, 6) is 1.61. The molecule has 21 heavy (non-hydrogen) atoms. The molecule has 1 aromatic rings. The van der Waals surface area contributed by atoms with Gasteiger partial charge in [-0.05, 0) is 38.5 Å². The zero-order valence-electron chi connectivity index (χ0n) is 12.8. The molecule has 1 aliphatic rings. The van der Waals surface area contributed by atoms with Crippen LogP contribution < -0.4 is 15.5 Å². The number of piperidine rings is 1. The SMILES string of the molecule is CN(CCCCCO)c1nc(N)nc(N2CCCCC2)n1. The predicted molar refractivity (Wildman–Crippen MR) is 84.5 cm³/mol. The Bertz CT molecular complexity index is 435. The average Bonchev–Trinajstić information content (AvgIpc) is 2.51. The first-order chi connectivity index (χ1) is 10.2. The van der Waals surface area contributed by atoms with Gasteiger partial charge in [0.1, 0.15) is 0 Å². The number of nitrogens with two attached hydrogens (primary N) is 1. The Morgan fingerprint density at radius 3 is 2.57 bits per heavy atom. The van der Waals surface area contributed by atoms with Crippen molar-refractivity contribution in [1.82, 2.24) is 15.0 Å². The number of rotatable bonds is 7. The van der Waals surface area contributed by atoms with Gasteiger partial charge in [0.15, 0.2) is 0 Å². The van der Waals surface area contributed by atoms with Gasteiger partial charge in [0, 0.05) is 33.3 Å². The molecule has 0 spiro atoms. The fraction of sp³-hybridized carbons (Fsp3) is 0.786. The lowest BCUT2D eigenvalue weighted by molar-refractivity contribution is 0.283. The minimum absolute atomic E-state index is 0.252. The molecule has 0 amide bonds. The lowest BCUT2D eigenvalue weighted by atomic mass is 10.1. The molecule has 0 atom stereocenters. The largest absolute Gasteiger partial charge is 0.396 e. The number of anilines is 3. The Morgan fingerprint density at radius 1 is 1.10 bits per heavy atom. The van der Waals surface area contributed by atoms with Crippen LogP contribution in [0.4, 0.5) is 17.8 Å². The van der Waals surface area contributed by atoms with E-state index in [2.05, 4.69) is 19.9 Å². The number of unbranched alkanes of at least 4 members (excludes halogenated alkanes) is 2. The van der Waals surface area contributed by atoms with Gasteiger partial charge in [-0.15, -0.1) is 0 Å². The van der Waals surface area contributed by atoms with Gasteiger partial charge in [-0.25, -0.2) is 0 Å². The zero-order valence-corrected chi connectivity index (χ0v) is 12.8. The minimum Gasteiger partial charge on any atom is -0.396 e. The van der Waals surface area contributed by atoms with Gasteiger partial charge < -0.3 is 20.6 Å². The smallest absolute Gasteiger partial charge is 0.231 e. The van der Waals surface area contributed by atoms with Gasteiger partial charge in [-0.3, -0.25) is 0 Å². The number of aromatic nitrogens is 3. The molecule has 1 saturated heterocycles. The first-order valence-corrected chi connectivity index (χ1v) is 7.79. The molecule has 7 heteroatoms. The van der Waals surface area contributed by atoms with Crippen LogP contribution in [-0.2, 0) is 0 Å². The third kappa shape index (κ3) is 4.70. The summed E-state index contributed by atoms with van der Waals surface area (Å²) < 4.78 is 0. The fourth-order valence-corrected chi connectivity index (χ4v) is 2.51. The molecule has 2 heterocycles. The van der Waals surface area contributed by atoms with Crippen molar-refractivity contribution >= 4 is 17.8 Å². The van der Waals surface area contributed by atoms with Crippen molar-refractivity contribution in [3.8, 4) is 0 Å². The van der Waals surface area contributed by atoms with Gasteiger partial charge in [0.2, 0.25) is 17.8 Å². The number of hydrogen-bond donors (Lipinski definition) is 2. The molecule has 3 N–H and O–H groups in total. The third-order valence-corrected chi connectivity index (χ3v) is 3.76. The van der Waals surface area contributed by atoms with E-state index in [4.69, 9.17) is 10.8 Å². The van der Waals surface area contributed by atoms with Crippen LogP contribution >= 0.6 is 0 Å². The van der Waals surface area contributed by atoms with Gasteiger partial charge >= 0.3 is 0 Å². The summed E-state index contributed by atoms with van der Waals surface area (Å²) in [7, 11) is 1.97. The molecule has 0 unspecified atom stereocenters. The number of hydrogen-bond acceptors (Lipinski definition) is 7. The van der Waals surface area contributed by atoms with Gasteiger partial charge in [-0.2, -0.15) is 15.0 Å². The average molecular weight is 294 g/mol. The first kappa shape index (κ1) is 15.8. The summed E-state index contributed by atoms with van der Waals surface area (Å²) in [4.78, 5) is 17.2. The van der Waals surface area contributed by atoms with E-state index in [1.54, 1.807) is 0 Å². The maximum Gasteiger partial charge on any atom is 0.231 e. The maximum atomic E-state index is 8.80. The molecule has 0 aliphatic carbocycles. The summed E-state index contributed by atoms with van der Waals surface area (Å²) in [6, 6.07) is 0. The van der Waals surface area contributed by atoms with E-state index in [-0.39, 0.29) is 12.6 Å². The van der Waals surface area contributed by atoms with Crippen molar-refractivity contribution in [2.45, 2.75) is 38.5 Å². The molecule has 7 nitrogen and oxygen atoms in total. The van der Waals surface area contributed by atoms with Gasteiger partial charge in [0.25, 0.3) is 0 Å². The van der Waals surface area contributed by atoms with E-state index in [0.717, 1.165) is 38.9 Å². The van der Waals surface area contributed by atoms with Gasteiger partial charge in [-0.1, -0.05) is 0 Å². The monoisotopic (exact) mass is 294 g/mol. The number of aliphatic hydroxyl groups excluding tert-OH is 1. The van der Waals surface area contributed by atoms with Crippen LogP contribution in [0.1, 0.15) is 38.5 Å². The Balaban J connectivity index is 2.00. The number of nitrogens with zero attached hydrogens (tertiary/aromatic N) is 5. The van der Waals surface area contributed by atoms with Crippen LogP contribution in [0.2, 0.25) is 0 Å². The second-order valence-corrected chi connectivity index (χ2v) is 5.55. The Morgan fingerprint density at radius 2 is 1.86 bits per heavy atom.